The summed E-state index contributed by atoms with van der Waals surface area (Å²) in [5.41, 5.74) is 4.59. The lowest BCUT2D eigenvalue weighted by molar-refractivity contribution is 0.849. The summed E-state index contributed by atoms with van der Waals surface area (Å²) in [4.78, 5) is 15.3. The van der Waals surface area contributed by atoms with Gasteiger partial charge in [0.05, 0.1) is 17.2 Å². The smallest absolute Gasteiger partial charge is 0.148 e. The zero-order chi connectivity index (χ0) is 14.0. The van der Waals surface area contributed by atoms with Crippen LogP contribution in [0.15, 0.2) is 5.38 Å². The molecule has 0 aliphatic heterocycles. The summed E-state index contributed by atoms with van der Waals surface area (Å²) in [5, 5.41) is 3.14. The van der Waals surface area contributed by atoms with E-state index in [9.17, 15) is 0 Å². The molecule has 0 saturated carbocycles. The first-order valence-electron chi connectivity index (χ1n) is 5.95. The number of hydrogen-bond donors (Lipinski definition) is 2. The molecule has 0 amide bonds. The molecule has 2 aromatic heterocycles. The molecule has 0 fully saturated rings. The van der Waals surface area contributed by atoms with Gasteiger partial charge in [-0.15, -0.1) is 11.3 Å². The van der Waals surface area contributed by atoms with E-state index in [-0.39, 0.29) is 0 Å². The van der Waals surface area contributed by atoms with Gasteiger partial charge in [0.15, 0.2) is 0 Å². The molecule has 2 rings (SSSR count). The highest BCUT2D eigenvalue weighted by molar-refractivity contribution is 7.09. The van der Waals surface area contributed by atoms with Crippen molar-refractivity contribution in [2.45, 2.75) is 27.3 Å². The summed E-state index contributed by atoms with van der Waals surface area (Å²) in [6, 6.07) is 0. The predicted molar refractivity (Wildman–Crippen MR) is 78.3 cm³/mol. The highest BCUT2D eigenvalue weighted by Gasteiger charge is 2.13. The lowest BCUT2D eigenvalue weighted by atomic mass is 10.3. The molecule has 0 aliphatic rings. The van der Waals surface area contributed by atoms with Gasteiger partial charge in [0.25, 0.3) is 0 Å². The lowest BCUT2D eigenvalue weighted by Gasteiger charge is -2.20. The Balaban J connectivity index is 2.28. The number of nitrogens with two attached hydrogens (primary N) is 1. The fraction of sp³-hybridized carbons (Fsp3) is 0.417. The second kappa shape index (κ2) is 5.50. The van der Waals surface area contributed by atoms with Crippen molar-refractivity contribution in [3.05, 3.63) is 27.5 Å². The van der Waals surface area contributed by atoms with E-state index in [0.717, 1.165) is 22.1 Å². The van der Waals surface area contributed by atoms with E-state index in [4.69, 9.17) is 5.84 Å². The number of rotatable bonds is 4. The minimum Gasteiger partial charge on any atom is -0.353 e. The van der Waals surface area contributed by atoms with Crippen molar-refractivity contribution in [2.24, 2.45) is 5.84 Å². The first kappa shape index (κ1) is 13.7. The van der Waals surface area contributed by atoms with Gasteiger partial charge in [-0.1, -0.05) is 0 Å². The fourth-order valence-corrected chi connectivity index (χ4v) is 2.53. The third kappa shape index (κ3) is 2.99. The van der Waals surface area contributed by atoms with Crippen LogP contribution in [0, 0.1) is 20.8 Å². The summed E-state index contributed by atoms with van der Waals surface area (Å²) in [5.74, 6) is 7.69. The van der Waals surface area contributed by atoms with E-state index < -0.39 is 0 Å². The van der Waals surface area contributed by atoms with Gasteiger partial charge in [-0.05, 0) is 20.8 Å². The number of aromatic nitrogens is 3. The molecule has 0 bridgehead atoms. The van der Waals surface area contributed by atoms with Gasteiger partial charge in [-0.3, -0.25) is 0 Å². The van der Waals surface area contributed by atoms with E-state index in [1.54, 1.807) is 11.3 Å². The first-order chi connectivity index (χ1) is 9.01. The normalized spacial score (nSPS) is 10.6. The molecule has 2 heterocycles. The molecule has 0 saturated heterocycles. The molecular weight excluding hydrogens is 260 g/mol. The van der Waals surface area contributed by atoms with Crippen molar-refractivity contribution in [2.75, 3.05) is 17.4 Å². The van der Waals surface area contributed by atoms with Gasteiger partial charge in [0.2, 0.25) is 0 Å². The topological polar surface area (TPSA) is 80.0 Å². The first-order valence-corrected chi connectivity index (χ1v) is 6.83. The summed E-state index contributed by atoms with van der Waals surface area (Å²) >= 11 is 1.65. The Morgan fingerprint density at radius 3 is 2.58 bits per heavy atom. The summed E-state index contributed by atoms with van der Waals surface area (Å²) in [7, 11) is 1.99. The van der Waals surface area contributed by atoms with Crippen LogP contribution in [0.25, 0.3) is 0 Å². The van der Waals surface area contributed by atoms with Gasteiger partial charge in [0, 0.05) is 18.0 Å². The third-order valence-electron chi connectivity index (χ3n) is 2.80. The zero-order valence-corrected chi connectivity index (χ0v) is 12.4. The van der Waals surface area contributed by atoms with Crippen LogP contribution in [0.5, 0.6) is 0 Å². The van der Waals surface area contributed by atoms with Crippen molar-refractivity contribution >= 4 is 23.0 Å². The Kier molecular flexibility index (Phi) is 3.96. The standard InChI is InChI=1S/C12H18N6S/c1-7-11(17-13)14-8(2)15-12(7)18(4)5-10-6-19-9(3)16-10/h6H,5,13H2,1-4H3,(H,14,15,17). The molecule has 0 aliphatic carbocycles. The van der Waals surface area contributed by atoms with Crippen molar-refractivity contribution in [3.8, 4) is 0 Å². The van der Waals surface area contributed by atoms with E-state index >= 15 is 0 Å². The van der Waals surface area contributed by atoms with Crippen LogP contribution in [0.1, 0.15) is 22.1 Å². The van der Waals surface area contributed by atoms with Gasteiger partial charge in [0.1, 0.15) is 17.5 Å². The monoisotopic (exact) mass is 278 g/mol. The summed E-state index contributed by atoms with van der Waals surface area (Å²) in [6.07, 6.45) is 0. The average molecular weight is 278 g/mol. The average Bonchev–Trinajstić information content (AvgIpc) is 2.77. The Bertz CT molecular complexity index is 580. The lowest BCUT2D eigenvalue weighted by Crippen LogP contribution is -2.21. The number of hydrogen-bond acceptors (Lipinski definition) is 7. The summed E-state index contributed by atoms with van der Waals surface area (Å²) in [6.45, 7) is 6.52. The Morgan fingerprint density at radius 1 is 1.26 bits per heavy atom. The van der Waals surface area contributed by atoms with Crippen LogP contribution in [0.3, 0.4) is 0 Å². The molecule has 2 aromatic rings. The molecule has 6 nitrogen and oxygen atoms in total. The van der Waals surface area contributed by atoms with Crippen LogP contribution in [-0.4, -0.2) is 22.0 Å². The molecular formula is C12H18N6S. The number of hydrazine groups is 1. The molecule has 7 heteroatoms. The largest absolute Gasteiger partial charge is 0.353 e. The molecule has 19 heavy (non-hydrogen) atoms. The third-order valence-corrected chi connectivity index (χ3v) is 3.62. The van der Waals surface area contributed by atoms with Gasteiger partial charge in [-0.25, -0.2) is 20.8 Å². The maximum Gasteiger partial charge on any atom is 0.148 e. The molecule has 0 radical (unpaired) electrons. The van der Waals surface area contributed by atoms with E-state index in [2.05, 4.69) is 30.7 Å². The number of aryl methyl sites for hydroxylation is 2. The Labute approximate surface area is 116 Å². The number of thiazole rings is 1. The maximum absolute atomic E-state index is 5.48. The van der Waals surface area contributed by atoms with Gasteiger partial charge >= 0.3 is 0 Å². The highest BCUT2D eigenvalue weighted by Crippen LogP contribution is 2.23. The second-order valence-corrected chi connectivity index (χ2v) is 5.49. The van der Waals surface area contributed by atoms with Crippen molar-refractivity contribution in [1.82, 2.24) is 15.0 Å². The van der Waals surface area contributed by atoms with Gasteiger partial charge in [-0.2, -0.15) is 0 Å². The number of nitrogens with one attached hydrogen (secondary N) is 1. The minimum atomic E-state index is 0.656. The highest BCUT2D eigenvalue weighted by atomic mass is 32.1. The quantitative estimate of drug-likeness (QED) is 0.655. The van der Waals surface area contributed by atoms with Crippen molar-refractivity contribution in [3.63, 3.8) is 0 Å². The minimum absolute atomic E-state index is 0.656. The molecule has 3 N–H and O–H groups in total. The van der Waals surface area contributed by atoms with Crippen LogP contribution < -0.4 is 16.2 Å². The molecule has 102 valence electrons. The van der Waals surface area contributed by atoms with E-state index in [0.29, 0.717) is 18.2 Å². The molecule has 0 unspecified atom stereocenters. The second-order valence-electron chi connectivity index (χ2n) is 4.43. The van der Waals surface area contributed by atoms with E-state index in [1.165, 1.54) is 0 Å². The van der Waals surface area contributed by atoms with Gasteiger partial charge < -0.3 is 10.3 Å². The van der Waals surface area contributed by atoms with Crippen LogP contribution in [0.2, 0.25) is 0 Å². The van der Waals surface area contributed by atoms with Crippen LogP contribution >= 0.6 is 11.3 Å². The number of nitrogen functional groups attached to an aromatic ring is 1. The predicted octanol–water partition coefficient (Wildman–Crippen LogP) is 1.78. The SMILES string of the molecule is Cc1nc(NN)c(C)c(N(C)Cc2csc(C)n2)n1. The molecule has 0 spiro atoms. The number of nitrogens with zero attached hydrogens (tertiary/aromatic N) is 4. The molecule has 0 atom stereocenters. The Hall–Kier alpha value is -1.73. The van der Waals surface area contributed by atoms with E-state index in [1.807, 2.05) is 27.8 Å². The molecule has 0 aromatic carbocycles. The Morgan fingerprint density at radius 2 is 2.00 bits per heavy atom. The summed E-state index contributed by atoms with van der Waals surface area (Å²) < 4.78 is 0. The van der Waals surface area contributed by atoms with Crippen molar-refractivity contribution < 1.29 is 0 Å². The van der Waals surface area contributed by atoms with Crippen LogP contribution in [0.4, 0.5) is 11.6 Å². The van der Waals surface area contributed by atoms with Crippen molar-refractivity contribution in [1.29, 1.82) is 0 Å². The van der Waals surface area contributed by atoms with Crippen LogP contribution in [-0.2, 0) is 6.54 Å². The zero-order valence-electron chi connectivity index (χ0n) is 11.6. The number of anilines is 2. The fourth-order valence-electron chi connectivity index (χ4n) is 1.92. The maximum atomic E-state index is 5.48.